The van der Waals surface area contributed by atoms with Gasteiger partial charge in [-0.05, 0) is 43.4 Å². The topological polar surface area (TPSA) is 69.7 Å². The van der Waals surface area contributed by atoms with Gasteiger partial charge in [0.15, 0.2) is 0 Å². The zero-order valence-electron chi connectivity index (χ0n) is 12.0. The predicted molar refractivity (Wildman–Crippen MR) is 80.2 cm³/mol. The van der Waals surface area contributed by atoms with Crippen molar-refractivity contribution in [2.45, 2.75) is 44.4 Å². The van der Waals surface area contributed by atoms with Crippen LogP contribution in [0.5, 0.6) is 0 Å². The van der Waals surface area contributed by atoms with Gasteiger partial charge >= 0.3 is 0 Å². The molecule has 0 amide bonds. The minimum atomic E-state index is -0.448. The number of benzene rings is 1. The lowest BCUT2D eigenvalue weighted by molar-refractivity contribution is 0.101. The first-order valence-electron chi connectivity index (χ1n) is 7.56. The molecule has 0 spiro atoms. The monoisotopic (exact) mass is 278 g/mol. The molecule has 1 aromatic carbocycles. The molecule has 0 radical (unpaired) electrons. The van der Waals surface area contributed by atoms with Crippen molar-refractivity contribution in [2.75, 3.05) is 19.7 Å². The SMILES string of the molecule is NCc1ccc(C(O)CN2CCCC2CCCO)cc1. The molecule has 2 atom stereocenters. The normalized spacial score (nSPS) is 21.2. The van der Waals surface area contributed by atoms with E-state index in [1.165, 1.54) is 12.8 Å². The summed E-state index contributed by atoms with van der Waals surface area (Å²) in [5, 5.41) is 19.3. The van der Waals surface area contributed by atoms with Gasteiger partial charge in [0.05, 0.1) is 6.10 Å². The van der Waals surface area contributed by atoms with Crippen LogP contribution in [0.3, 0.4) is 0 Å². The molecule has 1 saturated heterocycles. The summed E-state index contributed by atoms with van der Waals surface area (Å²) in [5.74, 6) is 0. The summed E-state index contributed by atoms with van der Waals surface area (Å²) in [6.45, 7) is 2.52. The van der Waals surface area contributed by atoms with E-state index in [2.05, 4.69) is 4.90 Å². The Morgan fingerprint density at radius 3 is 2.70 bits per heavy atom. The van der Waals surface area contributed by atoms with E-state index in [-0.39, 0.29) is 6.61 Å². The van der Waals surface area contributed by atoms with Gasteiger partial charge in [0.25, 0.3) is 0 Å². The van der Waals surface area contributed by atoms with Crippen molar-refractivity contribution in [1.29, 1.82) is 0 Å². The summed E-state index contributed by atoms with van der Waals surface area (Å²) in [7, 11) is 0. The van der Waals surface area contributed by atoms with Crippen LogP contribution in [0.2, 0.25) is 0 Å². The zero-order chi connectivity index (χ0) is 14.4. The second-order valence-corrected chi connectivity index (χ2v) is 5.62. The van der Waals surface area contributed by atoms with Crippen LogP contribution in [-0.2, 0) is 6.54 Å². The third kappa shape index (κ3) is 4.03. The highest BCUT2D eigenvalue weighted by molar-refractivity contribution is 5.24. The van der Waals surface area contributed by atoms with Crippen LogP contribution in [0.15, 0.2) is 24.3 Å². The number of aliphatic hydroxyl groups is 2. The second kappa shape index (κ2) is 7.74. The maximum absolute atomic E-state index is 10.4. The summed E-state index contributed by atoms with van der Waals surface area (Å²) < 4.78 is 0. The van der Waals surface area contributed by atoms with Crippen LogP contribution in [0.4, 0.5) is 0 Å². The first-order chi connectivity index (χ1) is 9.74. The quantitative estimate of drug-likeness (QED) is 0.705. The van der Waals surface area contributed by atoms with Gasteiger partial charge in [0, 0.05) is 25.7 Å². The Kier molecular flexibility index (Phi) is 5.98. The second-order valence-electron chi connectivity index (χ2n) is 5.62. The number of hydrogen-bond acceptors (Lipinski definition) is 4. The molecule has 1 fully saturated rings. The molecule has 4 nitrogen and oxygen atoms in total. The Balaban J connectivity index is 1.90. The largest absolute Gasteiger partial charge is 0.396 e. The molecule has 1 aromatic rings. The predicted octanol–water partition coefficient (Wildman–Crippen LogP) is 1.42. The standard InChI is InChI=1S/C16H26N2O2/c17-11-13-5-7-14(8-6-13)16(20)12-18-9-1-3-15(18)4-2-10-19/h5-8,15-16,19-20H,1-4,9-12,17H2. The number of hydrogen-bond donors (Lipinski definition) is 3. The molecular formula is C16H26N2O2. The lowest BCUT2D eigenvalue weighted by Crippen LogP contribution is -2.33. The number of nitrogens with two attached hydrogens (primary N) is 1. The van der Waals surface area contributed by atoms with E-state index >= 15 is 0 Å². The highest BCUT2D eigenvalue weighted by atomic mass is 16.3. The number of nitrogens with zero attached hydrogens (tertiary/aromatic N) is 1. The van der Waals surface area contributed by atoms with Crippen LogP contribution >= 0.6 is 0 Å². The maximum atomic E-state index is 10.4. The highest BCUT2D eigenvalue weighted by Crippen LogP contribution is 2.24. The zero-order valence-corrected chi connectivity index (χ0v) is 12.0. The summed E-state index contributed by atoms with van der Waals surface area (Å²) in [6.07, 6.45) is 3.79. The summed E-state index contributed by atoms with van der Waals surface area (Å²) in [6, 6.07) is 8.40. The van der Waals surface area contributed by atoms with Crippen LogP contribution in [0.25, 0.3) is 0 Å². The van der Waals surface area contributed by atoms with E-state index in [1.807, 2.05) is 24.3 Å². The van der Waals surface area contributed by atoms with Crippen molar-refractivity contribution in [3.63, 3.8) is 0 Å². The molecule has 4 heteroatoms. The molecular weight excluding hydrogens is 252 g/mol. The van der Waals surface area contributed by atoms with E-state index in [4.69, 9.17) is 10.8 Å². The number of rotatable bonds is 7. The first kappa shape index (κ1) is 15.4. The minimum Gasteiger partial charge on any atom is -0.396 e. The van der Waals surface area contributed by atoms with Crippen LogP contribution in [0.1, 0.15) is 42.9 Å². The van der Waals surface area contributed by atoms with Crippen LogP contribution < -0.4 is 5.73 Å². The average molecular weight is 278 g/mol. The summed E-state index contributed by atoms with van der Waals surface area (Å²) in [5.41, 5.74) is 7.62. The third-order valence-corrected chi connectivity index (χ3v) is 4.20. The molecule has 0 aliphatic carbocycles. The van der Waals surface area contributed by atoms with Gasteiger partial charge in [-0.15, -0.1) is 0 Å². The van der Waals surface area contributed by atoms with Crippen molar-refractivity contribution in [3.8, 4) is 0 Å². The lowest BCUT2D eigenvalue weighted by Gasteiger charge is -2.27. The van der Waals surface area contributed by atoms with Gasteiger partial charge in [-0.1, -0.05) is 24.3 Å². The lowest BCUT2D eigenvalue weighted by atomic mass is 10.1. The fourth-order valence-corrected chi connectivity index (χ4v) is 2.99. The van der Waals surface area contributed by atoms with Crippen molar-refractivity contribution in [2.24, 2.45) is 5.73 Å². The molecule has 0 aromatic heterocycles. The smallest absolute Gasteiger partial charge is 0.0917 e. The van der Waals surface area contributed by atoms with Gasteiger partial charge in [-0.2, -0.15) is 0 Å². The number of likely N-dealkylation sites (tertiary alicyclic amines) is 1. The van der Waals surface area contributed by atoms with Gasteiger partial charge < -0.3 is 15.9 Å². The Morgan fingerprint density at radius 2 is 2.05 bits per heavy atom. The van der Waals surface area contributed by atoms with Crippen molar-refractivity contribution in [3.05, 3.63) is 35.4 Å². The van der Waals surface area contributed by atoms with Gasteiger partial charge in [0.1, 0.15) is 0 Å². The Hall–Kier alpha value is -0.940. The molecule has 0 saturated carbocycles. The molecule has 2 unspecified atom stereocenters. The molecule has 1 aliphatic rings. The average Bonchev–Trinajstić information content (AvgIpc) is 2.92. The van der Waals surface area contributed by atoms with Gasteiger partial charge in [-0.3, -0.25) is 4.90 Å². The number of aliphatic hydroxyl groups excluding tert-OH is 2. The third-order valence-electron chi connectivity index (χ3n) is 4.20. The Bertz CT molecular complexity index is 394. The fourth-order valence-electron chi connectivity index (χ4n) is 2.99. The van der Waals surface area contributed by atoms with Crippen LogP contribution in [-0.4, -0.2) is 40.9 Å². The van der Waals surface area contributed by atoms with Crippen LogP contribution in [0, 0.1) is 0 Å². The molecule has 0 bridgehead atoms. The van der Waals surface area contributed by atoms with E-state index in [0.29, 0.717) is 19.1 Å². The van der Waals surface area contributed by atoms with E-state index in [1.54, 1.807) is 0 Å². The summed E-state index contributed by atoms with van der Waals surface area (Å²) >= 11 is 0. The number of β-amino-alcohol motifs (C(OH)–C–C–N with tert-alkyl or cyclic N) is 1. The Labute approximate surface area is 121 Å². The molecule has 112 valence electrons. The Morgan fingerprint density at radius 1 is 1.30 bits per heavy atom. The van der Waals surface area contributed by atoms with E-state index < -0.39 is 6.10 Å². The first-order valence-corrected chi connectivity index (χ1v) is 7.56. The molecule has 1 aliphatic heterocycles. The van der Waals surface area contributed by atoms with Gasteiger partial charge in [0.2, 0.25) is 0 Å². The maximum Gasteiger partial charge on any atom is 0.0917 e. The molecule has 1 heterocycles. The summed E-state index contributed by atoms with van der Waals surface area (Å²) in [4.78, 5) is 2.36. The molecule has 20 heavy (non-hydrogen) atoms. The molecule has 4 N–H and O–H groups in total. The van der Waals surface area contributed by atoms with Crippen molar-refractivity contribution >= 4 is 0 Å². The van der Waals surface area contributed by atoms with E-state index in [0.717, 1.165) is 30.5 Å². The van der Waals surface area contributed by atoms with Gasteiger partial charge in [-0.25, -0.2) is 0 Å². The highest BCUT2D eigenvalue weighted by Gasteiger charge is 2.26. The van der Waals surface area contributed by atoms with Crippen molar-refractivity contribution < 1.29 is 10.2 Å². The molecule has 2 rings (SSSR count). The van der Waals surface area contributed by atoms with E-state index in [9.17, 15) is 5.11 Å². The fraction of sp³-hybridized carbons (Fsp3) is 0.625. The van der Waals surface area contributed by atoms with Crippen molar-refractivity contribution in [1.82, 2.24) is 4.90 Å². The minimum absolute atomic E-state index is 0.257.